The van der Waals surface area contributed by atoms with Crippen molar-refractivity contribution in [2.75, 3.05) is 6.54 Å². The quantitative estimate of drug-likeness (QED) is 0.789. The van der Waals surface area contributed by atoms with Crippen LogP contribution in [0.5, 0.6) is 0 Å². The molecule has 2 aromatic carbocycles. The van der Waals surface area contributed by atoms with Gasteiger partial charge < -0.3 is 10.1 Å². The summed E-state index contributed by atoms with van der Waals surface area (Å²) in [6.45, 7) is -0.232. The molecule has 0 unspecified atom stereocenters. The Labute approximate surface area is 146 Å². The molecule has 2 aromatic rings. The van der Waals surface area contributed by atoms with Gasteiger partial charge in [-0.05, 0) is 24.3 Å². The summed E-state index contributed by atoms with van der Waals surface area (Å²) >= 11 is 5.80. The zero-order chi connectivity index (χ0) is 18.4. The SMILES string of the molecule is O=C(CCNC(=O)c1ccc(F)cc1F)OCc1ccc(F)cc1Cl. The molecule has 0 aliphatic heterocycles. The van der Waals surface area contributed by atoms with Crippen molar-refractivity contribution in [3.63, 3.8) is 0 Å². The van der Waals surface area contributed by atoms with E-state index in [4.69, 9.17) is 16.3 Å². The van der Waals surface area contributed by atoms with Gasteiger partial charge in [-0.25, -0.2) is 13.2 Å². The number of rotatable bonds is 6. The Morgan fingerprint density at radius 3 is 2.40 bits per heavy atom. The van der Waals surface area contributed by atoms with Crippen molar-refractivity contribution < 1.29 is 27.5 Å². The molecule has 4 nitrogen and oxygen atoms in total. The van der Waals surface area contributed by atoms with E-state index in [0.717, 1.165) is 18.2 Å². The fraction of sp³-hybridized carbons (Fsp3) is 0.176. The number of halogens is 4. The summed E-state index contributed by atoms with van der Waals surface area (Å²) in [5, 5.41) is 2.46. The third-order valence-corrected chi connectivity index (χ3v) is 3.55. The summed E-state index contributed by atoms with van der Waals surface area (Å²) in [6.07, 6.45) is -0.159. The standard InChI is InChI=1S/C17H13ClF3NO3/c18-14-7-11(19)2-1-10(14)9-25-16(23)5-6-22-17(24)13-4-3-12(20)8-15(13)21/h1-4,7-8H,5-6,9H2,(H,22,24). The van der Waals surface area contributed by atoms with Crippen LogP contribution in [0.1, 0.15) is 22.3 Å². The van der Waals surface area contributed by atoms with E-state index in [9.17, 15) is 22.8 Å². The van der Waals surface area contributed by atoms with Crippen LogP contribution in [0, 0.1) is 17.5 Å². The van der Waals surface area contributed by atoms with Gasteiger partial charge in [0, 0.05) is 18.2 Å². The molecule has 1 amide bonds. The minimum Gasteiger partial charge on any atom is -0.461 e. The van der Waals surface area contributed by atoms with Crippen LogP contribution >= 0.6 is 11.6 Å². The molecule has 0 saturated carbocycles. The van der Waals surface area contributed by atoms with Crippen LogP contribution in [-0.4, -0.2) is 18.4 Å². The summed E-state index contributed by atoms with van der Waals surface area (Å²) < 4.78 is 44.1. The highest BCUT2D eigenvalue weighted by Crippen LogP contribution is 2.18. The predicted octanol–water partition coefficient (Wildman–Crippen LogP) is 3.62. The zero-order valence-electron chi connectivity index (χ0n) is 12.8. The molecule has 0 aliphatic carbocycles. The molecule has 0 spiro atoms. The molecule has 2 rings (SSSR count). The second kappa shape index (κ2) is 8.53. The summed E-state index contributed by atoms with van der Waals surface area (Å²) in [5.41, 5.74) is 0.113. The van der Waals surface area contributed by atoms with Crippen LogP contribution in [-0.2, 0) is 16.1 Å². The molecule has 0 radical (unpaired) electrons. The van der Waals surface area contributed by atoms with Gasteiger partial charge in [0.25, 0.3) is 5.91 Å². The van der Waals surface area contributed by atoms with E-state index in [1.807, 2.05) is 0 Å². The van der Waals surface area contributed by atoms with Gasteiger partial charge in [0.15, 0.2) is 0 Å². The number of esters is 1. The number of ether oxygens (including phenoxy) is 1. The zero-order valence-corrected chi connectivity index (χ0v) is 13.6. The first-order valence-electron chi connectivity index (χ1n) is 7.19. The Bertz CT molecular complexity index is 799. The molecule has 0 fully saturated rings. The van der Waals surface area contributed by atoms with Crippen molar-refractivity contribution in [2.24, 2.45) is 0 Å². The second-order valence-corrected chi connectivity index (χ2v) is 5.43. The number of nitrogens with one attached hydrogen (secondary N) is 1. The Morgan fingerprint density at radius 2 is 1.72 bits per heavy atom. The third-order valence-electron chi connectivity index (χ3n) is 3.19. The lowest BCUT2D eigenvalue weighted by Crippen LogP contribution is -2.27. The Hall–Kier alpha value is -2.54. The molecule has 0 atom stereocenters. The minimum atomic E-state index is -0.994. The molecule has 1 N–H and O–H groups in total. The molecular weight excluding hydrogens is 359 g/mol. The van der Waals surface area contributed by atoms with Gasteiger partial charge >= 0.3 is 5.97 Å². The van der Waals surface area contributed by atoms with Crippen molar-refractivity contribution in [2.45, 2.75) is 13.0 Å². The number of hydrogen-bond acceptors (Lipinski definition) is 3. The number of carbonyl (C=O) groups is 2. The van der Waals surface area contributed by atoms with Crippen molar-refractivity contribution in [3.8, 4) is 0 Å². The van der Waals surface area contributed by atoms with Gasteiger partial charge in [-0.15, -0.1) is 0 Å². The Morgan fingerprint density at radius 1 is 1.04 bits per heavy atom. The Balaban J connectivity index is 1.77. The molecular formula is C17H13ClF3NO3. The average molecular weight is 372 g/mol. The van der Waals surface area contributed by atoms with Crippen molar-refractivity contribution in [1.29, 1.82) is 0 Å². The van der Waals surface area contributed by atoms with Gasteiger partial charge in [-0.3, -0.25) is 9.59 Å². The molecule has 0 bridgehead atoms. The summed E-state index contributed by atoms with van der Waals surface area (Å²) in [5.74, 6) is -3.69. The number of amides is 1. The highest BCUT2D eigenvalue weighted by molar-refractivity contribution is 6.31. The molecule has 0 saturated heterocycles. The first-order valence-corrected chi connectivity index (χ1v) is 7.57. The summed E-state index contributed by atoms with van der Waals surface area (Å²) in [7, 11) is 0. The highest BCUT2D eigenvalue weighted by atomic mass is 35.5. The van der Waals surface area contributed by atoms with Crippen LogP contribution in [0.4, 0.5) is 13.2 Å². The maximum atomic E-state index is 13.4. The molecule has 0 heterocycles. The third kappa shape index (κ3) is 5.49. The van der Waals surface area contributed by atoms with Crippen LogP contribution in [0.2, 0.25) is 5.02 Å². The molecule has 25 heavy (non-hydrogen) atoms. The van der Waals surface area contributed by atoms with Gasteiger partial charge in [-0.1, -0.05) is 17.7 Å². The van der Waals surface area contributed by atoms with E-state index in [0.29, 0.717) is 11.6 Å². The molecule has 0 aromatic heterocycles. The molecule has 0 aliphatic rings. The monoisotopic (exact) mass is 371 g/mol. The Kier molecular flexibility index (Phi) is 6.41. The first kappa shape index (κ1) is 18.8. The maximum absolute atomic E-state index is 13.4. The number of benzene rings is 2. The first-order chi connectivity index (χ1) is 11.9. The second-order valence-electron chi connectivity index (χ2n) is 5.03. The van der Waals surface area contributed by atoms with E-state index in [2.05, 4.69) is 5.32 Å². The maximum Gasteiger partial charge on any atom is 0.307 e. The summed E-state index contributed by atoms with van der Waals surface area (Å²) in [6, 6.07) is 6.24. The van der Waals surface area contributed by atoms with Crippen molar-refractivity contribution >= 4 is 23.5 Å². The van der Waals surface area contributed by atoms with Gasteiger partial charge in [0.05, 0.1) is 17.0 Å². The smallest absolute Gasteiger partial charge is 0.307 e. The van der Waals surface area contributed by atoms with Gasteiger partial charge in [-0.2, -0.15) is 0 Å². The lowest BCUT2D eigenvalue weighted by atomic mass is 10.2. The molecule has 132 valence electrons. The van der Waals surface area contributed by atoms with Crippen LogP contribution in [0.25, 0.3) is 0 Å². The highest BCUT2D eigenvalue weighted by Gasteiger charge is 2.13. The fourth-order valence-electron chi connectivity index (χ4n) is 1.92. The van der Waals surface area contributed by atoms with Crippen molar-refractivity contribution in [3.05, 3.63) is 70.0 Å². The van der Waals surface area contributed by atoms with E-state index >= 15 is 0 Å². The van der Waals surface area contributed by atoms with E-state index < -0.39 is 29.3 Å². The van der Waals surface area contributed by atoms with E-state index in [1.54, 1.807) is 0 Å². The van der Waals surface area contributed by atoms with E-state index in [1.165, 1.54) is 12.1 Å². The summed E-state index contributed by atoms with van der Waals surface area (Å²) in [4.78, 5) is 23.3. The topological polar surface area (TPSA) is 55.4 Å². The van der Waals surface area contributed by atoms with Crippen LogP contribution in [0.3, 0.4) is 0 Å². The van der Waals surface area contributed by atoms with Crippen molar-refractivity contribution in [1.82, 2.24) is 5.32 Å². The van der Waals surface area contributed by atoms with Gasteiger partial charge in [0.2, 0.25) is 0 Å². The largest absolute Gasteiger partial charge is 0.461 e. The average Bonchev–Trinajstić information content (AvgIpc) is 2.53. The lowest BCUT2D eigenvalue weighted by Gasteiger charge is -2.08. The molecule has 8 heteroatoms. The van der Waals surface area contributed by atoms with E-state index in [-0.39, 0.29) is 30.2 Å². The number of hydrogen-bond donors (Lipinski definition) is 1. The fourth-order valence-corrected chi connectivity index (χ4v) is 2.14. The number of carbonyl (C=O) groups excluding carboxylic acids is 2. The van der Waals surface area contributed by atoms with Crippen LogP contribution in [0.15, 0.2) is 36.4 Å². The minimum absolute atomic E-state index is 0.0916. The van der Waals surface area contributed by atoms with Gasteiger partial charge in [0.1, 0.15) is 24.1 Å². The lowest BCUT2D eigenvalue weighted by molar-refractivity contribution is -0.144. The van der Waals surface area contributed by atoms with Crippen LogP contribution < -0.4 is 5.32 Å². The predicted molar refractivity (Wildman–Crippen MR) is 84.5 cm³/mol. The normalized spacial score (nSPS) is 10.4.